The number of hydrogen-bond donors (Lipinski definition) is 1. The zero-order chi connectivity index (χ0) is 21.9. The second-order valence-electron chi connectivity index (χ2n) is 7.65. The van der Waals surface area contributed by atoms with Gasteiger partial charge in [-0.15, -0.1) is 38.4 Å². The van der Waals surface area contributed by atoms with Crippen LogP contribution in [0.15, 0.2) is 111 Å². The number of benzene rings is 2. The standard InChI is InChI=1S/C28H35N2.Li/c1-7-23(8-2)27(29-21(5)25-17-13-11-14-18-25)28(24(9-3)10-4)30-22(6)26-19-15-12-16-20-26;/h7-24,27-29H,1-4H2,5-6H3;/q-1;+1/t21-,22-,27+,28+;/m0./s1. The van der Waals surface area contributed by atoms with Crippen LogP contribution in [0.1, 0.15) is 37.1 Å². The summed E-state index contributed by atoms with van der Waals surface area (Å²) in [6.07, 6.45) is 7.76. The summed E-state index contributed by atoms with van der Waals surface area (Å²) in [6.45, 7) is 20.5. The Morgan fingerprint density at radius 3 is 1.61 bits per heavy atom. The Bertz CT molecular complexity index is 717. The molecule has 2 rings (SSSR count). The second kappa shape index (κ2) is 14.1. The third kappa shape index (κ3) is 7.53. The van der Waals surface area contributed by atoms with E-state index in [1.165, 1.54) is 11.1 Å². The molecule has 0 aliphatic heterocycles. The Morgan fingerprint density at radius 1 is 0.710 bits per heavy atom. The van der Waals surface area contributed by atoms with Crippen molar-refractivity contribution in [2.24, 2.45) is 11.8 Å². The molecule has 0 fully saturated rings. The van der Waals surface area contributed by atoms with Crippen LogP contribution in [0.25, 0.3) is 5.32 Å². The molecule has 0 amide bonds. The smallest absolute Gasteiger partial charge is 0.651 e. The first-order valence-corrected chi connectivity index (χ1v) is 10.6. The monoisotopic (exact) mass is 406 g/mol. The Balaban J connectivity index is 0.00000480. The van der Waals surface area contributed by atoms with Crippen LogP contribution in [0.3, 0.4) is 0 Å². The van der Waals surface area contributed by atoms with Gasteiger partial charge >= 0.3 is 18.9 Å². The summed E-state index contributed by atoms with van der Waals surface area (Å²) < 4.78 is 0. The van der Waals surface area contributed by atoms with Crippen molar-refractivity contribution in [3.8, 4) is 0 Å². The van der Waals surface area contributed by atoms with Crippen LogP contribution in [-0.2, 0) is 0 Å². The summed E-state index contributed by atoms with van der Waals surface area (Å²) in [6, 6.07) is 21.0. The summed E-state index contributed by atoms with van der Waals surface area (Å²) >= 11 is 0. The molecule has 0 saturated heterocycles. The van der Waals surface area contributed by atoms with E-state index in [2.05, 4.69) is 94.0 Å². The van der Waals surface area contributed by atoms with Gasteiger partial charge in [0.1, 0.15) is 0 Å². The minimum atomic E-state index is -0.0673. The molecule has 0 spiro atoms. The van der Waals surface area contributed by atoms with Crippen LogP contribution >= 0.6 is 0 Å². The molecule has 31 heavy (non-hydrogen) atoms. The van der Waals surface area contributed by atoms with Crippen molar-refractivity contribution < 1.29 is 18.9 Å². The minimum Gasteiger partial charge on any atom is -0.651 e. The van der Waals surface area contributed by atoms with Crippen LogP contribution in [0.5, 0.6) is 0 Å². The number of nitrogens with one attached hydrogen (secondary N) is 1. The second-order valence-corrected chi connectivity index (χ2v) is 7.65. The fraction of sp³-hybridized carbons (Fsp3) is 0.286. The Labute approximate surface area is 201 Å². The van der Waals surface area contributed by atoms with Crippen LogP contribution in [0.2, 0.25) is 0 Å². The largest absolute Gasteiger partial charge is 1.00 e. The molecular formula is C28H35LiN2. The third-order valence-corrected chi connectivity index (χ3v) is 5.69. The molecule has 2 aromatic carbocycles. The average molecular weight is 407 g/mol. The van der Waals surface area contributed by atoms with Gasteiger partial charge in [0.25, 0.3) is 0 Å². The predicted molar refractivity (Wildman–Crippen MR) is 132 cm³/mol. The number of nitrogens with zero attached hydrogens (tertiary/aromatic N) is 1. The van der Waals surface area contributed by atoms with Crippen LogP contribution in [0, 0.1) is 11.8 Å². The molecule has 0 bridgehead atoms. The average Bonchev–Trinajstić information content (AvgIpc) is 2.80. The van der Waals surface area contributed by atoms with Crippen molar-refractivity contribution in [1.29, 1.82) is 0 Å². The van der Waals surface area contributed by atoms with E-state index in [0.29, 0.717) is 0 Å². The first-order valence-electron chi connectivity index (χ1n) is 10.6. The van der Waals surface area contributed by atoms with Crippen LogP contribution < -0.4 is 24.2 Å². The molecule has 0 saturated carbocycles. The Hall–Kier alpha value is -2.08. The van der Waals surface area contributed by atoms with Crippen molar-refractivity contribution in [2.45, 2.75) is 38.0 Å². The molecule has 0 aliphatic rings. The normalized spacial score (nSPS) is 14.7. The van der Waals surface area contributed by atoms with E-state index >= 15 is 0 Å². The molecule has 3 heteroatoms. The fourth-order valence-electron chi connectivity index (χ4n) is 3.84. The van der Waals surface area contributed by atoms with Gasteiger partial charge in [-0.05, 0) is 18.4 Å². The van der Waals surface area contributed by atoms with Crippen molar-refractivity contribution in [3.05, 3.63) is 128 Å². The molecular weight excluding hydrogens is 371 g/mol. The maximum atomic E-state index is 5.25. The maximum Gasteiger partial charge on any atom is 1.00 e. The minimum absolute atomic E-state index is 0. The van der Waals surface area contributed by atoms with Gasteiger partial charge in [-0.25, -0.2) is 0 Å². The van der Waals surface area contributed by atoms with E-state index < -0.39 is 0 Å². The van der Waals surface area contributed by atoms with Gasteiger partial charge in [0, 0.05) is 18.0 Å². The van der Waals surface area contributed by atoms with Gasteiger partial charge < -0.3 is 10.6 Å². The fourth-order valence-corrected chi connectivity index (χ4v) is 3.84. The first-order chi connectivity index (χ1) is 14.5. The van der Waals surface area contributed by atoms with Crippen molar-refractivity contribution in [2.75, 3.05) is 0 Å². The Morgan fingerprint density at radius 2 is 1.16 bits per heavy atom. The molecule has 4 atom stereocenters. The molecule has 158 valence electrons. The summed E-state index contributed by atoms with van der Waals surface area (Å²) in [5.74, 6) is 0.0781. The van der Waals surface area contributed by atoms with E-state index in [9.17, 15) is 0 Å². The van der Waals surface area contributed by atoms with Crippen molar-refractivity contribution in [3.63, 3.8) is 0 Å². The molecule has 0 unspecified atom stereocenters. The molecule has 0 heterocycles. The van der Waals surface area contributed by atoms with Crippen molar-refractivity contribution in [1.82, 2.24) is 5.32 Å². The molecule has 0 radical (unpaired) electrons. The molecule has 2 aromatic rings. The summed E-state index contributed by atoms with van der Waals surface area (Å²) in [7, 11) is 0. The first kappa shape index (κ1) is 27.0. The van der Waals surface area contributed by atoms with Gasteiger partial charge in [0.15, 0.2) is 0 Å². The molecule has 0 aromatic heterocycles. The SMILES string of the molecule is C=CC(C=C)[C@@H]([N-][C@@H](C)c1ccccc1)[C@H](N[C@@H](C)c1ccccc1)C(C=C)C=C.[Li+]. The van der Waals surface area contributed by atoms with E-state index in [0.717, 1.165) is 0 Å². The van der Waals surface area contributed by atoms with Gasteiger partial charge in [-0.1, -0.05) is 97.5 Å². The van der Waals surface area contributed by atoms with Gasteiger partial charge in [0.2, 0.25) is 0 Å². The number of hydrogen-bond acceptors (Lipinski definition) is 1. The number of rotatable bonds is 13. The van der Waals surface area contributed by atoms with Crippen LogP contribution in [0.4, 0.5) is 0 Å². The third-order valence-electron chi connectivity index (χ3n) is 5.69. The molecule has 2 nitrogen and oxygen atoms in total. The van der Waals surface area contributed by atoms with Crippen LogP contribution in [-0.4, -0.2) is 12.1 Å². The van der Waals surface area contributed by atoms with Gasteiger partial charge in [0.05, 0.1) is 0 Å². The molecule has 0 aliphatic carbocycles. The zero-order valence-electron chi connectivity index (χ0n) is 19.3. The summed E-state index contributed by atoms with van der Waals surface area (Å²) in [5.41, 5.74) is 2.43. The maximum absolute atomic E-state index is 5.25. The van der Waals surface area contributed by atoms with Gasteiger partial charge in [-0.2, -0.15) is 0 Å². The summed E-state index contributed by atoms with van der Waals surface area (Å²) in [4.78, 5) is 0. The van der Waals surface area contributed by atoms with Gasteiger partial charge in [-0.3, -0.25) is 0 Å². The van der Waals surface area contributed by atoms with E-state index in [1.54, 1.807) is 0 Å². The summed E-state index contributed by atoms with van der Waals surface area (Å²) in [5, 5.41) is 9.06. The topological polar surface area (TPSA) is 26.1 Å². The quantitative estimate of drug-likeness (QED) is 0.392. The predicted octanol–water partition coefficient (Wildman–Crippen LogP) is 4.19. The Kier molecular flexibility index (Phi) is 12.2. The molecule has 1 N–H and O–H groups in total. The van der Waals surface area contributed by atoms with Crippen molar-refractivity contribution >= 4 is 0 Å². The zero-order valence-corrected chi connectivity index (χ0v) is 19.3. The van der Waals surface area contributed by atoms with E-state index in [4.69, 9.17) is 5.32 Å². The van der Waals surface area contributed by atoms with E-state index in [1.807, 2.05) is 36.4 Å². The van der Waals surface area contributed by atoms with E-state index in [-0.39, 0.29) is 54.9 Å².